The molecule has 0 spiro atoms. The van der Waals surface area contributed by atoms with Crippen molar-refractivity contribution >= 4 is 10.0 Å². The van der Waals surface area contributed by atoms with E-state index in [0.717, 1.165) is 24.9 Å². The molecule has 114 valence electrons. The van der Waals surface area contributed by atoms with Crippen LogP contribution in [0.2, 0.25) is 0 Å². The fraction of sp³-hybridized carbons (Fsp3) is 0.600. The average Bonchev–Trinajstić information content (AvgIpc) is 2.39. The number of nitrogens with one attached hydrogen (secondary N) is 2. The molecule has 20 heavy (non-hydrogen) atoms. The SMILES string of the molecule is CC(C)NCCCCS(=O)(=O)NCCc1ccccc1. The van der Waals surface area contributed by atoms with Crippen molar-refractivity contribution in [1.82, 2.24) is 10.0 Å². The van der Waals surface area contributed by atoms with Crippen LogP contribution in [-0.2, 0) is 16.4 Å². The van der Waals surface area contributed by atoms with Gasteiger partial charge in [-0.1, -0.05) is 44.2 Å². The molecule has 4 nitrogen and oxygen atoms in total. The van der Waals surface area contributed by atoms with Crippen LogP contribution in [0.25, 0.3) is 0 Å². The maximum absolute atomic E-state index is 11.8. The van der Waals surface area contributed by atoms with Gasteiger partial charge >= 0.3 is 0 Å². The summed E-state index contributed by atoms with van der Waals surface area (Å²) in [4.78, 5) is 0. The lowest BCUT2D eigenvalue weighted by Gasteiger charge is -2.09. The lowest BCUT2D eigenvalue weighted by molar-refractivity contribution is 0.555. The molecule has 0 fully saturated rings. The molecule has 0 atom stereocenters. The Hall–Kier alpha value is -0.910. The van der Waals surface area contributed by atoms with Crippen LogP contribution in [0.1, 0.15) is 32.3 Å². The summed E-state index contributed by atoms with van der Waals surface area (Å²) < 4.78 is 26.2. The Balaban J connectivity index is 2.15. The van der Waals surface area contributed by atoms with Crippen molar-refractivity contribution in [3.05, 3.63) is 35.9 Å². The molecular weight excluding hydrogens is 272 g/mol. The number of rotatable bonds is 10. The maximum Gasteiger partial charge on any atom is 0.211 e. The van der Waals surface area contributed by atoms with Gasteiger partial charge < -0.3 is 5.32 Å². The van der Waals surface area contributed by atoms with Gasteiger partial charge in [0.15, 0.2) is 0 Å². The lowest BCUT2D eigenvalue weighted by Crippen LogP contribution is -2.29. The Morgan fingerprint density at radius 2 is 1.75 bits per heavy atom. The highest BCUT2D eigenvalue weighted by atomic mass is 32.2. The molecule has 1 rings (SSSR count). The fourth-order valence-electron chi connectivity index (χ4n) is 1.88. The third-order valence-corrected chi connectivity index (χ3v) is 4.44. The first-order valence-corrected chi connectivity index (χ1v) is 8.89. The second-order valence-corrected chi connectivity index (χ2v) is 7.19. The molecule has 1 aromatic rings. The molecule has 0 amide bonds. The van der Waals surface area contributed by atoms with Crippen LogP contribution in [0.15, 0.2) is 30.3 Å². The summed E-state index contributed by atoms with van der Waals surface area (Å²) in [6.45, 7) is 5.51. The summed E-state index contributed by atoms with van der Waals surface area (Å²) in [7, 11) is -3.13. The first kappa shape index (κ1) is 17.1. The maximum atomic E-state index is 11.8. The molecule has 0 saturated carbocycles. The van der Waals surface area contributed by atoms with Crippen molar-refractivity contribution in [2.24, 2.45) is 0 Å². The van der Waals surface area contributed by atoms with E-state index in [4.69, 9.17) is 0 Å². The van der Waals surface area contributed by atoms with E-state index in [9.17, 15) is 8.42 Å². The second kappa shape index (κ2) is 9.10. The van der Waals surface area contributed by atoms with Gasteiger partial charge in [-0.05, 0) is 31.4 Å². The third-order valence-electron chi connectivity index (χ3n) is 2.97. The molecule has 0 heterocycles. The molecule has 1 aromatic carbocycles. The minimum atomic E-state index is -3.13. The Morgan fingerprint density at radius 1 is 1.05 bits per heavy atom. The van der Waals surface area contributed by atoms with Gasteiger partial charge in [0.2, 0.25) is 10.0 Å². The van der Waals surface area contributed by atoms with Crippen LogP contribution in [0.5, 0.6) is 0 Å². The summed E-state index contributed by atoms with van der Waals surface area (Å²) >= 11 is 0. The third kappa shape index (κ3) is 8.30. The van der Waals surface area contributed by atoms with Crippen molar-refractivity contribution in [3.8, 4) is 0 Å². The highest BCUT2D eigenvalue weighted by Gasteiger charge is 2.08. The van der Waals surface area contributed by atoms with Crippen molar-refractivity contribution < 1.29 is 8.42 Å². The molecule has 0 aromatic heterocycles. The normalized spacial score (nSPS) is 11.9. The zero-order valence-corrected chi connectivity index (χ0v) is 13.2. The molecular formula is C15H26N2O2S. The van der Waals surface area contributed by atoms with Gasteiger partial charge in [0.25, 0.3) is 0 Å². The number of hydrogen-bond donors (Lipinski definition) is 2. The monoisotopic (exact) mass is 298 g/mol. The summed E-state index contributed by atoms with van der Waals surface area (Å²) in [6, 6.07) is 10.4. The molecule has 0 aliphatic heterocycles. The summed E-state index contributed by atoms with van der Waals surface area (Å²) in [6.07, 6.45) is 2.31. The topological polar surface area (TPSA) is 58.2 Å². The summed E-state index contributed by atoms with van der Waals surface area (Å²) in [5.74, 6) is 0.210. The fourth-order valence-corrected chi connectivity index (χ4v) is 3.02. The first-order chi connectivity index (χ1) is 9.49. The summed E-state index contributed by atoms with van der Waals surface area (Å²) in [5.41, 5.74) is 1.15. The van der Waals surface area contributed by atoms with E-state index in [1.54, 1.807) is 0 Å². The van der Waals surface area contributed by atoms with Crippen molar-refractivity contribution in [3.63, 3.8) is 0 Å². The quantitative estimate of drug-likeness (QED) is 0.649. The van der Waals surface area contributed by atoms with Gasteiger partial charge in [-0.2, -0.15) is 0 Å². The minimum absolute atomic E-state index is 0.210. The Morgan fingerprint density at radius 3 is 2.40 bits per heavy atom. The number of sulfonamides is 1. The van der Waals surface area contributed by atoms with E-state index >= 15 is 0 Å². The molecule has 0 aliphatic rings. The zero-order valence-electron chi connectivity index (χ0n) is 12.4. The largest absolute Gasteiger partial charge is 0.315 e. The molecule has 2 N–H and O–H groups in total. The predicted molar refractivity (Wildman–Crippen MR) is 84.3 cm³/mol. The van der Waals surface area contributed by atoms with Gasteiger partial charge in [-0.25, -0.2) is 13.1 Å². The summed E-state index contributed by atoms with van der Waals surface area (Å²) in [5, 5.41) is 3.28. The van der Waals surface area contributed by atoms with Crippen LogP contribution in [0.4, 0.5) is 0 Å². The Bertz CT molecular complexity index is 458. The lowest BCUT2D eigenvalue weighted by atomic mass is 10.2. The number of unbranched alkanes of at least 4 members (excludes halogenated alkanes) is 1. The Kier molecular flexibility index (Phi) is 7.80. The second-order valence-electron chi connectivity index (χ2n) is 5.26. The van der Waals surface area contributed by atoms with E-state index < -0.39 is 10.0 Å². The molecule has 0 aliphatic carbocycles. The smallest absolute Gasteiger partial charge is 0.211 e. The van der Waals surface area contributed by atoms with Crippen LogP contribution >= 0.6 is 0 Å². The molecule has 0 saturated heterocycles. The van der Waals surface area contributed by atoms with Gasteiger partial charge in [0.05, 0.1) is 5.75 Å². The molecule has 0 radical (unpaired) electrons. The van der Waals surface area contributed by atoms with Crippen LogP contribution < -0.4 is 10.0 Å². The number of benzene rings is 1. The van der Waals surface area contributed by atoms with E-state index in [1.165, 1.54) is 0 Å². The van der Waals surface area contributed by atoms with E-state index in [2.05, 4.69) is 23.9 Å². The standard InChI is InChI=1S/C15H26N2O2S/c1-14(2)16-11-6-7-13-20(18,19)17-12-10-15-8-4-3-5-9-15/h3-5,8-9,14,16-17H,6-7,10-13H2,1-2H3. The van der Waals surface area contributed by atoms with Gasteiger partial charge in [0.1, 0.15) is 0 Å². The van der Waals surface area contributed by atoms with Crippen molar-refractivity contribution in [1.29, 1.82) is 0 Å². The van der Waals surface area contributed by atoms with Crippen molar-refractivity contribution in [2.75, 3.05) is 18.8 Å². The average molecular weight is 298 g/mol. The van der Waals surface area contributed by atoms with Gasteiger partial charge in [-0.3, -0.25) is 0 Å². The van der Waals surface area contributed by atoms with E-state index in [1.807, 2.05) is 30.3 Å². The zero-order chi connectivity index (χ0) is 14.8. The van der Waals surface area contributed by atoms with Gasteiger partial charge in [0, 0.05) is 12.6 Å². The van der Waals surface area contributed by atoms with Crippen molar-refractivity contribution in [2.45, 2.75) is 39.2 Å². The molecule has 5 heteroatoms. The Labute approximate surface area is 123 Å². The first-order valence-electron chi connectivity index (χ1n) is 7.24. The molecule has 0 bridgehead atoms. The predicted octanol–water partition coefficient (Wildman–Crippen LogP) is 1.93. The van der Waals surface area contributed by atoms with Crippen LogP contribution in [-0.4, -0.2) is 33.3 Å². The van der Waals surface area contributed by atoms with E-state index in [-0.39, 0.29) is 5.75 Å². The van der Waals surface area contributed by atoms with Crippen LogP contribution in [0, 0.1) is 0 Å². The molecule has 0 unspecified atom stereocenters. The van der Waals surface area contributed by atoms with Gasteiger partial charge in [-0.15, -0.1) is 0 Å². The highest BCUT2D eigenvalue weighted by Crippen LogP contribution is 1.99. The number of hydrogen-bond acceptors (Lipinski definition) is 3. The van der Waals surface area contributed by atoms with E-state index in [0.29, 0.717) is 19.0 Å². The van der Waals surface area contributed by atoms with Crippen LogP contribution in [0.3, 0.4) is 0 Å². The highest BCUT2D eigenvalue weighted by molar-refractivity contribution is 7.89. The minimum Gasteiger partial charge on any atom is -0.315 e.